The first-order valence-corrected chi connectivity index (χ1v) is 7.93. The van der Waals surface area contributed by atoms with Crippen molar-refractivity contribution in [3.63, 3.8) is 0 Å². The highest BCUT2D eigenvalue weighted by atomic mass is 16.5. The number of Topliss-reactive ketones (excluding diaryl/α,β-unsaturated/α-hetero) is 1. The summed E-state index contributed by atoms with van der Waals surface area (Å²) in [4.78, 5) is 15.8. The minimum Gasteiger partial charge on any atom is -0.456 e. The minimum atomic E-state index is -0.250. The van der Waals surface area contributed by atoms with Crippen molar-refractivity contribution in [2.24, 2.45) is 0 Å². The third-order valence-electron chi connectivity index (χ3n) is 3.88. The van der Waals surface area contributed by atoms with Gasteiger partial charge in [0.1, 0.15) is 17.2 Å². The van der Waals surface area contributed by atoms with Crippen LogP contribution in [0.1, 0.15) is 18.1 Å². The van der Waals surface area contributed by atoms with Crippen molar-refractivity contribution in [3.8, 4) is 22.6 Å². The van der Waals surface area contributed by atoms with Crippen molar-refractivity contribution in [1.82, 2.24) is 4.98 Å². The van der Waals surface area contributed by atoms with Crippen LogP contribution in [0.4, 0.5) is 0 Å². The molecule has 0 saturated heterocycles. The molecule has 0 atom stereocenters. The highest BCUT2D eigenvalue weighted by molar-refractivity contribution is 6.44. The molecule has 0 fully saturated rings. The molecule has 1 aromatic heterocycles. The fourth-order valence-electron chi connectivity index (χ4n) is 2.52. The van der Waals surface area contributed by atoms with Crippen molar-refractivity contribution in [2.75, 3.05) is 0 Å². The van der Waals surface area contributed by atoms with Gasteiger partial charge in [-0.15, -0.1) is 0 Å². The lowest BCUT2D eigenvalue weighted by molar-refractivity contribution is -0.111. The van der Waals surface area contributed by atoms with Gasteiger partial charge >= 0.3 is 0 Å². The van der Waals surface area contributed by atoms with Gasteiger partial charge in [0, 0.05) is 24.2 Å². The predicted molar refractivity (Wildman–Crippen MR) is 98.4 cm³/mol. The monoisotopic (exact) mass is 330 g/mol. The van der Waals surface area contributed by atoms with Crippen LogP contribution < -0.4 is 4.74 Å². The molecule has 25 heavy (non-hydrogen) atoms. The molecule has 0 spiro atoms. The summed E-state index contributed by atoms with van der Waals surface area (Å²) in [6.07, 6.45) is 3.40. The van der Waals surface area contributed by atoms with Gasteiger partial charge < -0.3 is 4.74 Å². The SMILES string of the molecule is CC(=O)C(=N)c1cc(-c2cncc(Oc3ccccc3)c2)ccc1C. The van der Waals surface area contributed by atoms with E-state index in [0.29, 0.717) is 11.3 Å². The zero-order valence-electron chi connectivity index (χ0n) is 14.1. The zero-order chi connectivity index (χ0) is 17.8. The Bertz CT molecular complexity index is 934. The van der Waals surface area contributed by atoms with E-state index >= 15 is 0 Å². The first kappa shape index (κ1) is 16.6. The molecule has 1 N–H and O–H groups in total. The second kappa shape index (κ2) is 7.09. The van der Waals surface area contributed by atoms with E-state index in [1.807, 2.05) is 61.5 Å². The second-order valence-corrected chi connectivity index (χ2v) is 5.79. The molecule has 2 aromatic carbocycles. The smallest absolute Gasteiger partial charge is 0.178 e. The molecule has 124 valence electrons. The molecule has 3 rings (SSSR count). The van der Waals surface area contributed by atoms with Gasteiger partial charge in [0.15, 0.2) is 5.78 Å². The van der Waals surface area contributed by atoms with Gasteiger partial charge in [0.25, 0.3) is 0 Å². The maximum Gasteiger partial charge on any atom is 0.178 e. The van der Waals surface area contributed by atoms with Crippen LogP contribution in [0.15, 0.2) is 67.0 Å². The van der Waals surface area contributed by atoms with Crippen LogP contribution in [0.5, 0.6) is 11.5 Å². The Labute approximate surface area is 146 Å². The Kier molecular flexibility index (Phi) is 4.70. The summed E-state index contributed by atoms with van der Waals surface area (Å²) in [5.74, 6) is 1.12. The first-order valence-electron chi connectivity index (χ1n) is 7.93. The average molecular weight is 330 g/mol. The van der Waals surface area contributed by atoms with Gasteiger partial charge in [0.2, 0.25) is 0 Å². The number of hydrogen-bond acceptors (Lipinski definition) is 4. The number of nitrogens with zero attached hydrogens (tertiary/aromatic N) is 1. The fraction of sp³-hybridized carbons (Fsp3) is 0.0952. The van der Waals surface area contributed by atoms with Crippen LogP contribution in [-0.4, -0.2) is 16.5 Å². The fourth-order valence-corrected chi connectivity index (χ4v) is 2.52. The number of benzene rings is 2. The van der Waals surface area contributed by atoms with Crippen LogP contribution in [-0.2, 0) is 4.79 Å². The standard InChI is InChI=1S/C21H18N2O2/c1-14-8-9-16(11-20(14)21(22)15(2)24)17-10-19(13-23-12-17)25-18-6-4-3-5-7-18/h3-13,22H,1-2H3. The molecule has 0 saturated carbocycles. The topological polar surface area (TPSA) is 63.0 Å². The van der Waals surface area contributed by atoms with Crippen molar-refractivity contribution in [3.05, 3.63) is 78.1 Å². The number of carbonyl (C=O) groups is 1. The molecule has 4 nitrogen and oxygen atoms in total. The Morgan fingerprint density at radius 1 is 0.960 bits per heavy atom. The molecular formula is C21H18N2O2. The quantitative estimate of drug-likeness (QED) is 0.683. The van der Waals surface area contributed by atoms with Crippen LogP contribution >= 0.6 is 0 Å². The summed E-state index contributed by atoms with van der Waals surface area (Å²) in [6.45, 7) is 3.30. The van der Waals surface area contributed by atoms with E-state index in [-0.39, 0.29) is 11.5 Å². The van der Waals surface area contributed by atoms with Crippen LogP contribution in [0.3, 0.4) is 0 Å². The van der Waals surface area contributed by atoms with Gasteiger partial charge in [-0.1, -0.05) is 30.3 Å². The van der Waals surface area contributed by atoms with E-state index < -0.39 is 0 Å². The van der Waals surface area contributed by atoms with Gasteiger partial charge in [-0.05, 0) is 42.3 Å². The van der Waals surface area contributed by atoms with Crippen molar-refractivity contribution in [1.29, 1.82) is 5.41 Å². The van der Waals surface area contributed by atoms with Crippen molar-refractivity contribution >= 4 is 11.5 Å². The number of ketones is 1. The lowest BCUT2D eigenvalue weighted by Crippen LogP contribution is -2.11. The van der Waals surface area contributed by atoms with E-state index in [4.69, 9.17) is 10.1 Å². The molecule has 0 aliphatic heterocycles. The van der Waals surface area contributed by atoms with Gasteiger partial charge in [-0.2, -0.15) is 0 Å². The third-order valence-corrected chi connectivity index (χ3v) is 3.88. The predicted octanol–water partition coefficient (Wildman–Crippen LogP) is 4.81. The third kappa shape index (κ3) is 3.80. The summed E-state index contributed by atoms with van der Waals surface area (Å²) in [5, 5.41) is 7.99. The number of hydrogen-bond donors (Lipinski definition) is 1. The molecular weight excluding hydrogens is 312 g/mol. The number of rotatable bonds is 5. The van der Waals surface area contributed by atoms with Crippen LogP contribution in [0.25, 0.3) is 11.1 Å². The van der Waals surface area contributed by atoms with E-state index in [0.717, 1.165) is 22.4 Å². The summed E-state index contributed by atoms with van der Waals surface area (Å²) in [7, 11) is 0. The van der Waals surface area contributed by atoms with E-state index in [9.17, 15) is 4.79 Å². The van der Waals surface area contributed by atoms with Crippen LogP contribution in [0.2, 0.25) is 0 Å². The molecule has 0 bridgehead atoms. The maximum atomic E-state index is 11.5. The number of para-hydroxylation sites is 1. The summed E-state index contributed by atoms with van der Waals surface area (Å²) < 4.78 is 5.82. The molecule has 0 radical (unpaired) electrons. The molecule has 0 amide bonds. The van der Waals surface area contributed by atoms with Crippen molar-refractivity contribution in [2.45, 2.75) is 13.8 Å². The Hall–Kier alpha value is -3.27. The Balaban J connectivity index is 1.94. The number of ether oxygens (including phenoxy) is 1. The number of aryl methyl sites for hydroxylation is 1. The van der Waals surface area contributed by atoms with Crippen molar-refractivity contribution < 1.29 is 9.53 Å². The average Bonchev–Trinajstić information content (AvgIpc) is 2.62. The van der Waals surface area contributed by atoms with Crippen LogP contribution in [0, 0.1) is 12.3 Å². The number of nitrogens with one attached hydrogen (secondary N) is 1. The molecule has 3 aromatic rings. The van der Waals surface area contributed by atoms with E-state index in [2.05, 4.69) is 4.98 Å². The number of aromatic nitrogens is 1. The maximum absolute atomic E-state index is 11.5. The largest absolute Gasteiger partial charge is 0.456 e. The summed E-state index contributed by atoms with van der Waals surface area (Å²) in [6, 6.07) is 17.1. The van der Waals surface area contributed by atoms with Gasteiger partial charge in [-0.25, -0.2) is 0 Å². The lowest BCUT2D eigenvalue weighted by Gasteiger charge is -2.10. The number of carbonyl (C=O) groups excluding carboxylic acids is 1. The summed E-state index contributed by atoms with van der Waals surface area (Å²) >= 11 is 0. The normalized spacial score (nSPS) is 10.3. The second-order valence-electron chi connectivity index (χ2n) is 5.79. The first-order chi connectivity index (χ1) is 12.0. The molecule has 0 aliphatic rings. The summed E-state index contributed by atoms with van der Waals surface area (Å²) in [5.41, 5.74) is 3.31. The highest BCUT2D eigenvalue weighted by Crippen LogP contribution is 2.27. The molecule has 1 heterocycles. The van der Waals surface area contributed by atoms with Gasteiger partial charge in [-0.3, -0.25) is 15.2 Å². The van der Waals surface area contributed by atoms with E-state index in [1.165, 1.54) is 6.92 Å². The molecule has 0 aliphatic carbocycles. The Morgan fingerprint density at radius 2 is 1.72 bits per heavy atom. The van der Waals surface area contributed by atoms with E-state index in [1.54, 1.807) is 12.4 Å². The lowest BCUT2D eigenvalue weighted by atomic mass is 9.96. The molecule has 4 heteroatoms. The molecule has 0 unspecified atom stereocenters. The Morgan fingerprint density at radius 3 is 2.44 bits per heavy atom. The van der Waals surface area contributed by atoms with Gasteiger partial charge in [0.05, 0.1) is 6.20 Å². The number of pyridine rings is 1. The highest BCUT2D eigenvalue weighted by Gasteiger charge is 2.12. The minimum absolute atomic E-state index is 0.0176. The zero-order valence-corrected chi connectivity index (χ0v) is 14.1.